The molecule has 0 fully saturated rings. The highest BCUT2D eigenvalue weighted by Gasteiger charge is 2.32. The Morgan fingerprint density at radius 2 is 0.871 bits per heavy atom. The lowest BCUT2D eigenvalue weighted by Crippen LogP contribution is -2.08. The van der Waals surface area contributed by atoms with E-state index in [0.29, 0.717) is 61.4 Å². The maximum Gasteiger partial charge on any atom is 0.416 e. The molecule has 0 aliphatic carbocycles. The van der Waals surface area contributed by atoms with E-state index >= 15 is 0 Å². The summed E-state index contributed by atoms with van der Waals surface area (Å²) in [7, 11) is 0. The molecular formula is C52H26F3N7. The molecule has 0 unspecified atom stereocenters. The lowest BCUT2D eigenvalue weighted by Gasteiger charge is -2.20. The van der Waals surface area contributed by atoms with E-state index < -0.39 is 11.7 Å². The summed E-state index contributed by atoms with van der Waals surface area (Å²) in [6.07, 6.45) is -1.30. The zero-order valence-electron chi connectivity index (χ0n) is 32.3. The molecule has 0 N–H and O–H groups in total. The molecule has 0 saturated carbocycles. The monoisotopic (exact) mass is 805 g/mol. The van der Waals surface area contributed by atoms with E-state index in [2.05, 4.69) is 33.8 Å². The van der Waals surface area contributed by atoms with Crippen LogP contribution in [-0.4, -0.2) is 14.1 Å². The van der Waals surface area contributed by atoms with Crippen molar-refractivity contribution in [1.82, 2.24) is 14.1 Å². The van der Waals surface area contributed by atoms with Gasteiger partial charge in [0, 0.05) is 38.9 Å². The van der Waals surface area contributed by atoms with Crippen molar-refractivity contribution < 1.29 is 13.2 Å². The van der Waals surface area contributed by atoms with E-state index in [0.717, 1.165) is 55.3 Å². The Kier molecular flexibility index (Phi) is 8.67. The fraction of sp³-hybridized carbons (Fsp3) is 0.0192. The molecule has 7 nitrogen and oxygen atoms in total. The highest BCUT2D eigenvalue weighted by molar-refractivity contribution is 6.12. The van der Waals surface area contributed by atoms with Crippen LogP contribution in [0.25, 0.3) is 88.4 Å². The Morgan fingerprint density at radius 3 is 1.35 bits per heavy atom. The van der Waals surface area contributed by atoms with Crippen molar-refractivity contribution in [2.24, 2.45) is 0 Å². The van der Waals surface area contributed by atoms with Crippen LogP contribution in [0, 0.1) is 45.3 Å². The second-order valence-electron chi connectivity index (χ2n) is 14.8. The van der Waals surface area contributed by atoms with Crippen molar-refractivity contribution in [2.45, 2.75) is 6.18 Å². The van der Waals surface area contributed by atoms with Crippen LogP contribution in [0.2, 0.25) is 0 Å². The van der Waals surface area contributed by atoms with Crippen molar-refractivity contribution in [1.29, 1.82) is 21.0 Å². The predicted molar refractivity (Wildman–Crippen MR) is 233 cm³/mol. The molecule has 62 heavy (non-hydrogen) atoms. The summed E-state index contributed by atoms with van der Waals surface area (Å²) in [5.74, 6) is 0. The number of alkyl halides is 3. The summed E-state index contributed by atoms with van der Waals surface area (Å²) in [5.41, 5.74) is 8.67. The average molecular weight is 806 g/mol. The van der Waals surface area contributed by atoms with Gasteiger partial charge in [0.1, 0.15) is 0 Å². The van der Waals surface area contributed by atoms with Crippen LogP contribution < -0.4 is 0 Å². The van der Waals surface area contributed by atoms with E-state index in [1.807, 2.05) is 95.6 Å². The van der Waals surface area contributed by atoms with Gasteiger partial charge in [-0.15, -0.1) is 0 Å². The van der Waals surface area contributed by atoms with E-state index in [1.165, 1.54) is 18.2 Å². The van der Waals surface area contributed by atoms with Gasteiger partial charge in [0.15, 0.2) is 0 Å². The summed E-state index contributed by atoms with van der Waals surface area (Å²) in [4.78, 5) is 4.55. The van der Waals surface area contributed by atoms with Gasteiger partial charge in [-0.25, -0.2) is 0 Å². The maximum atomic E-state index is 14.7. The topological polar surface area (TPSA) is 118 Å². The smallest absolute Gasteiger partial charge is 0.309 e. The third-order valence-electron chi connectivity index (χ3n) is 11.3. The fourth-order valence-corrected chi connectivity index (χ4v) is 8.58. The first-order chi connectivity index (χ1) is 30.2. The number of hydrogen-bond donors (Lipinski definition) is 0. The second-order valence-corrected chi connectivity index (χ2v) is 14.8. The fourth-order valence-electron chi connectivity index (χ4n) is 8.58. The van der Waals surface area contributed by atoms with Gasteiger partial charge in [0.25, 0.3) is 0 Å². The van der Waals surface area contributed by atoms with E-state index in [-0.39, 0.29) is 0 Å². The summed E-state index contributed by atoms with van der Waals surface area (Å²) in [6.45, 7) is 0. The Labute approximate surface area is 351 Å². The predicted octanol–water partition coefficient (Wildman–Crippen LogP) is 12.8. The molecule has 0 atom stereocenters. The van der Waals surface area contributed by atoms with Crippen molar-refractivity contribution in [3.05, 3.63) is 186 Å². The molecule has 3 heterocycles. The molecular weight excluding hydrogens is 780 g/mol. The average Bonchev–Trinajstić information content (AvgIpc) is 3.82. The van der Waals surface area contributed by atoms with Gasteiger partial charge in [-0.1, -0.05) is 54.6 Å². The van der Waals surface area contributed by atoms with Crippen molar-refractivity contribution >= 4 is 43.6 Å². The minimum Gasteiger partial charge on any atom is -0.309 e. The van der Waals surface area contributed by atoms with Crippen LogP contribution in [0.5, 0.6) is 0 Å². The van der Waals surface area contributed by atoms with Gasteiger partial charge in [0.2, 0.25) is 0 Å². The maximum absolute atomic E-state index is 14.7. The third-order valence-corrected chi connectivity index (χ3v) is 11.3. The van der Waals surface area contributed by atoms with Gasteiger partial charge < -0.3 is 9.13 Å². The molecule has 0 amide bonds. The normalized spacial score (nSPS) is 11.4. The molecule has 0 bridgehead atoms. The van der Waals surface area contributed by atoms with Crippen LogP contribution in [0.3, 0.4) is 0 Å². The largest absolute Gasteiger partial charge is 0.416 e. The van der Waals surface area contributed by atoms with Gasteiger partial charge in [-0.2, -0.15) is 34.2 Å². The minimum absolute atomic E-state index is 0.304. The highest BCUT2D eigenvalue weighted by atomic mass is 19.4. The highest BCUT2D eigenvalue weighted by Crippen LogP contribution is 2.44. The molecule has 290 valence electrons. The molecule has 3 aromatic heterocycles. The SMILES string of the molecule is N#Cc1cc(C#N)cc(-c2ccc3c(c2)c2ccccc2n3-c2cnccc2-c2ccc(C(F)(F)F)cc2-n2c3ccccc3c3cc(-c4cc(C#N)cc(C#N)c4)ccc32)c1. The molecule has 7 aromatic carbocycles. The summed E-state index contributed by atoms with van der Waals surface area (Å²) < 4.78 is 48.1. The zero-order valence-corrected chi connectivity index (χ0v) is 32.3. The number of halogens is 3. The summed E-state index contributed by atoms with van der Waals surface area (Å²) in [5, 5.41) is 42.1. The number of pyridine rings is 1. The molecule has 10 aromatic rings. The van der Waals surface area contributed by atoms with Crippen LogP contribution in [0.4, 0.5) is 13.2 Å². The van der Waals surface area contributed by atoms with Crippen LogP contribution in [0.1, 0.15) is 27.8 Å². The quantitative estimate of drug-likeness (QED) is 0.172. The van der Waals surface area contributed by atoms with Crippen LogP contribution in [-0.2, 0) is 6.18 Å². The first-order valence-electron chi connectivity index (χ1n) is 19.3. The lowest BCUT2D eigenvalue weighted by atomic mass is 9.98. The van der Waals surface area contributed by atoms with E-state index in [1.54, 1.807) is 42.7 Å². The van der Waals surface area contributed by atoms with Crippen molar-refractivity contribution in [3.63, 3.8) is 0 Å². The number of nitriles is 4. The molecule has 0 aliphatic rings. The first-order valence-corrected chi connectivity index (χ1v) is 19.3. The molecule has 0 saturated heterocycles. The van der Waals surface area contributed by atoms with Crippen LogP contribution in [0.15, 0.2) is 158 Å². The molecule has 10 heteroatoms. The van der Waals surface area contributed by atoms with Gasteiger partial charge in [-0.3, -0.25) is 4.98 Å². The minimum atomic E-state index is -4.64. The van der Waals surface area contributed by atoms with Gasteiger partial charge >= 0.3 is 6.18 Å². The van der Waals surface area contributed by atoms with Gasteiger partial charge in [0.05, 0.1) is 91.7 Å². The molecule has 0 spiro atoms. The number of aromatic nitrogens is 3. The van der Waals surface area contributed by atoms with E-state index in [9.17, 15) is 34.2 Å². The Bertz CT molecular complexity index is 3630. The summed E-state index contributed by atoms with van der Waals surface area (Å²) >= 11 is 0. The first kappa shape index (κ1) is 37.3. The number of nitrogens with zero attached hydrogens (tertiary/aromatic N) is 7. The number of para-hydroxylation sites is 2. The van der Waals surface area contributed by atoms with Crippen molar-refractivity contribution in [3.8, 4) is 69.0 Å². The zero-order chi connectivity index (χ0) is 42.7. The number of benzene rings is 7. The second kappa shape index (κ2) is 14.4. The number of hydrogen-bond acceptors (Lipinski definition) is 5. The Balaban J connectivity index is 1.22. The Hall–Kier alpha value is -8.96. The molecule has 0 radical (unpaired) electrons. The van der Waals surface area contributed by atoms with Gasteiger partial charge in [-0.05, 0) is 113 Å². The van der Waals surface area contributed by atoms with E-state index in [4.69, 9.17) is 0 Å². The van der Waals surface area contributed by atoms with Crippen molar-refractivity contribution in [2.75, 3.05) is 0 Å². The molecule has 10 rings (SSSR count). The number of rotatable bonds is 5. The molecule has 0 aliphatic heterocycles. The van der Waals surface area contributed by atoms with Crippen LogP contribution >= 0.6 is 0 Å². The summed E-state index contributed by atoms with van der Waals surface area (Å²) in [6, 6.07) is 51.1. The Morgan fingerprint density at radius 1 is 0.419 bits per heavy atom. The number of fused-ring (bicyclic) bond motifs is 6. The third kappa shape index (κ3) is 6.08. The lowest BCUT2D eigenvalue weighted by molar-refractivity contribution is -0.137. The standard InChI is InChI=1S/C52H26F3N7/c53-52(54,55)39-11-12-42(50(25-39)61-46-7-3-1-5-40(46)44-23-35(9-13-48(44)61)37-19-31(26-56)17-32(20-37)27-57)43-15-16-60-30-51(43)62-47-8-4-2-6-41(47)45-24-36(10-14-49(45)62)38-21-33(28-58)18-34(22-38)29-59/h1-25,30H.